The van der Waals surface area contributed by atoms with Crippen LogP contribution in [0.3, 0.4) is 0 Å². The summed E-state index contributed by atoms with van der Waals surface area (Å²) in [5.41, 5.74) is 0. The van der Waals surface area contributed by atoms with Gasteiger partial charge in [0.05, 0.1) is 13.2 Å². The Balaban J connectivity index is 0.000000240. The van der Waals surface area contributed by atoms with Crippen molar-refractivity contribution < 1.29 is 60.5 Å². The highest BCUT2D eigenvalue weighted by Gasteiger charge is 2.43. The third-order valence-electron chi connectivity index (χ3n) is 3.73. The first-order chi connectivity index (χ1) is 11.1. The first kappa shape index (κ1) is 21.6. The van der Waals surface area contributed by atoms with Gasteiger partial charge in [0.1, 0.15) is 48.8 Å². The molecule has 2 saturated heterocycles. The Labute approximate surface area is 136 Å². The molecule has 144 valence electrons. The van der Waals surface area contributed by atoms with E-state index in [2.05, 4.69) is 9.47 Å². The molecule has 2 aliphatic rings. The Bertz CT molecular complexity index is 326. The second-order valence-electron chi connectivity index (χ2n) is 5.44. The summed E-state index contributed by atoms with van der Waals surface area (Å²) in [6.45, 7) is -1.05. The van der Waals surface area contributed by atoms with E-state index in [-0.39, 0.29) is 0 Å². The van der Waals surface area contributed by atoms with E-state index in [4.69, 9.17) is 51.1 Å². The topological polar surface area (TPSA) is 221 Å². The first-order valence-corrected chi connectivity index (χ1v) is 7.12. The van der Waals surface area contributed by atoms with Crippen molar-refractivity contribution in [3.8, 4) is 0 Å². The Morgan fingerprint density at radius 1 is 0.458 bits per heavy atom. The van der Waals surface area contributed by atoms with Crippen LogP contribution in [0, 0.1) is 0 Å². The van der Waals surface area contributed by atoms with Gasteiger partial charge in [0.15, 0.2) is 12.6 Å². The smallest absolute Gasteiger partial charge is 0.184 e. The van der Waals surface area contributed by atoms with E-state index in [0.29, 0.717) is 0 Å². The van der Waals surface area contributed by atoms with Gasteiger partial charge in [-0.05, 0) is 0 Å². The largest absolute Gasteiger partial charge is 0.394 e. The number of aliphatic hydroxyl groups is 10. The van der Waals surface area contributed by atoms with Crippen LogP contribution in [-0.4, -0.2) is 126 Å². The maximum atomic E-state index is 9.12. The summed E-state index contributed by atoms with van der Waals surface area (Å²) in [5, 5.41) is 89.3. The fourth-order valence-corrected chi connectivity index (χ4v) is 2.16. The lowest BCUT2D eigenvalue weighted by molar-refractivity contribution is -0.286. The van der Waals surface area contributed by atoms with Gasteiger partial charge in [-0.2, -0.15) is 0 Å². The maximum absolute atomic E-state index is 9.12. The van der Waals surface area contributed by atoms with Crippen molar-refractivity contribution in [3.63, 3.8) is 0 Å². The molecule has 10 N–H and O–H groups in total. The molecule has 0 amide bonds. The van der Waals surface area contributed by atoms with Crippen LogP contribution >= 0.6 is 0 Å². The fourth-order valence-electron chi connectivity index (χ4n) is 2.16. The average molecular weight is 360 g/mol. The van der Waals surface area contributed by atoms with Crippen LogP contribution in [0.2, 0.25) is 0 Å². The minimum absolute atomic E-state index is 0.526. The fraction of sp³-hybridized carbons (Fsp3) is 1.00. The Morgan fingerprint density at radius 3 is 1.00 bits per heavy atom. The summed E-state index contributed by atoms with van der Waals surface area (Å²) in [6, 6.07) is 0. The molecule has 0 radical (unpaired) electrons. The summed E-state index contributed by atoms with van der Waals surface area (Å²) in [5.74, 6) is 0. The third kappa shape index (κ3) is 4.78. The maximum Gasteiger partial charge on any atom is 0.184 e. The van der Waals surface area contributed by atoms with Gasteiger partial charge in [-0.15, -0.1) is 0 Å². The molecule has 24 heavy (non-hydrogen) atoms. The van der Waals surface area contributed by atoms with Gasteiger partial charge in [0.2, 0.25) is 0 Å². The van der Waals surface area contributed by atoms with Crippen LogP contribution in [0.5, 0.6) is 0 Å². The summed E-state index contributed by atoms with van der Waals surface area (Å²) in [4.78, 5) is 0. The zero-order chi connectivity index (χ0) is 18.6. The van der Waals surface area contributed by atoms with E-state index in [1.807, 2.05) is 0 Å². The second kappa shape index (κ2) is 9.28. The number of aliphatic hydroxyl groups excluding tert-OH is 10. The SMILES string of the molecule is OC[C@H]1O[C@@H](O)[C@H](O)[C@@H](O)[C@@H]1O.OC[C@H]1O[C@H](O)[C@H](O)[C@@H](O)[C@@H]1O. The molecule has 2 heterocycles. The predicted molar refractivity (Wildman–Crippen MR) is 72.0 cm³/mol. The molecule has 12 heteroatoms. The number of hydrogen-bond donors (Lipinski definition) is 10. The predicted octanol–water partition coefficient (Wildman–Crippen LogP) is -6.44. The molecule has 0 spiro atoms. The van der Waals surface area contributed by atoms with Gasteiger partial charge >= 0.3 is 0 Å². The lowest BCUT2D eigenvalue weighted by Gasteiger charge is -2.37. The van der Waals surface area contributed by atoms with E-state index < -0.39 is 74.6 Å². The Kier molecular flexibility index (Phi) is 8.34. The Hall–Kier alpha value is -0.480. The monoisotopic (exact) mass is 360 g/mol. The molecule has 2 rings (SSSR count). The standard InChI is InChI=1S/2C6H12O6/c2*7-1-2-3(8)4(9)5(10)6(11)12-2/h2*2-11H,1H2/t2-,3-,4+,5-,6+;2-,3-,4+,5-,6-/m11/s1. The van der Waals surface area contributed by atoms with Gasteiger partial charge in [-0.3, -0.25) is 0 Å². The average Bonchev–Trinajstić information content (AvgIpc) is 2.58. The molecule has 0 aromatic carbocycles. The van der Waals surface area contributed by atoms with Crippen molar-refractivity contribution in [2.24, 2.45) is 0 Å². The van der Waals surface area contributed by atoms with Crippen molar-refractivity contribution in [3.05, 3.63) is 0 Å². The molecule has 0 aromatic rings. The van der Waals surface area contributed by atoms with Crippen LogP contribution in [0.25, 0.3) is 0 Å². The van der Waals surface area contributed by atoms with Gasteiger partial charge in [-0.25, -0.2) is 0 Å². The van der Waals surface area contributed by atoms with Crippen LogP contribution in [-0.2, 0) is 9.47 Å². The number of rotatable bonds is 2. The summed E-state index contributed by atoms with van der Waals surface area (Å²) in [7, 11) is 0. The lowest BCUT2D eigenvalue weighted by atomic mass is 10.00. The highest BCUT2D eigenvalue weighted by atomic mass is 16.6. The zero-order valence-corrected chi connectivity index (χ0v) is 12.5. The number of hydrogen-bond acceptors (Lipinski definition) is 12. The molecule has 0 aliphatic carbocycles. The summed E-state index contributed by atoms with van der Waals surface area (Å²) >= 11 is 0. The molecule has 0 aromatic heterocycles. The quantitative estimate of drug-likeness (QED) is 0.222. The van der Waals surface area contributed by atoms with Gasteiger partial charge in [0, 0.05) is 0 Å². The molecule has 0 saturated carbocycles. The van der Waals surface area contributed by atoms with E-state index in [0.717, 1.165) is 0 Å². The van der Waals surface area contributed by atoms with Gasteiger partial charge in [-0.1, -0.05) is 0 Å². The van der Waals surface area contributed by atoms with Gasteiger partial charge < -0.3 is 60.5 Å². The van der Waals surface area contributed by atoms with E-state index >= 15 is 0 Å². The van der Waals surface area contributed by atoms with Crippen molar-refractivity contribution >= 4 is 0 Å². The second-order valence-corrected chi connectivity index (χ2v) is 5.44. The first-order valence-electron chi connectivity index (χ1n) is 7.12. The van der Waals surface area contributed by atoms with Crippen molar-refractivity contribution in [1.82, 2.24) is 0 Å². The lowest BCUT2D eigenvalue weighted by Crippen LogP contribution is -2.58. The molecule has 2 aliphatic heterocycles. The van der Waals surface area contributed by atoms with E-state index in [1.165, 1.54) is 0 Å². The van der Waals surface area contributed by atoms with Crippen molar-refractivity contribution in [2.75, 3.05) is 13.2 Å². The minimum Gasteiger partial charge on any atom is -0.394 e. The van der Waals surface area contributed by atoms with Gasteiger partial charge in [0.25, 0.3) is 0 Å². The molecule has 10 atom stereocenters. The zero-order valence-electron chi connectivity index (χ0n) is 12.5. The summed E-state index contributed by atoms with van der Waals surface area (Å²) in [6.07, 6.45) is -14.1. The minimum atomic E-state index is -1.57. The molecule has 12 nitrogen and oxygen atoms in total. The normalized spacial score (nSPS) is 49.2. The molecule has 0 unspecified atom stereocenters. The van der Waals surface area contributed by atoms with E-state index in [9.17, 15) is 0 Å². The third-order valence-corrected chi connectivity index (χ3v) is 3.73. The van der Waals surface area contributed by atoms with Crippen molar-refractivity contribution in [1.29, 1.82) is 0 Å². The molecule has 0 bridgehead atoms. The summed E-state index contributed by atoms with van der Waals surface area (Å²) < 4.78 is 9.15. The molecular formula is C12H24O12. The van der Waals surface area contributed by atoms with Crippen LogP contribution < -0.4 is 0 Å². The number of ether oxygens (including phenoxy) is 2. The Morgan fingerprint density at radius 2 is 0.750 bits per heavy atom. The van der Waals surface area contributed by atoms with Crippen LogP contribution in [0.15, 0.2) is 0 Å². The highest BCUT2D eigenvalue weighted by Crippen LogP contribution is 2.19. The highest BCUT2D eigenvalue weighted by molar-refractivity contribution is 4.88. The molecule has 2 fully saturated rings. The molecular weight excluding hydrogens is 336 g/mol. The van der Waals surface area contributed by atoms with E-state index in [1.54, 1.807) is 0 Å². The van der Waals surface area contributed by atoms with Crippen LogP contribution in [0.1, 0.15) is 0 Å². The van der Waals surface area contributed by atoms with Crippen molar-refractivity contribution in [2.45, 2.75) is 61.4 Å². The van der Waals surface area contributed by atoms with Crippen LogP contribution in [0.4, 0.5) is 0 Å².